The number of esters is 1. The highest BCUT2D eigenvalue weighted by Crippen LogP contribution is 2.27. The number of nitrogens with zero attached hydrogens (tertiary/aromatic N) is 1. The first-order valence-electron chi connectivity index (χ1n) is 6.07. The van der Waals surface area contributed by atoms with Gasteiger partial charge in [-0.3, -0.25) is 9.59 Å². The largest absolute Gasteiger partial charge is 0.465 e. The van der Waals surface area contributed by atoms with Crippen LogP contribution in [-0.2, 0) is 9.53 Å². The molecule has 0 unspecified atom stereocenters. The van der Waals surface area contributed by atoms with E-state index in [1.54, 1.807) is 32.2 Å². The molecule has 2 rings (SSSR count). The summed E-state index contributed by atoms with van der Waals surface area (Å²) in [6.45, 7) is 3.62. The molecular formula is C13H14N2O4S. The van der Waals surface area contributed by atoms with Crippen molar-refractivity contribution in [2.24, 2.45) is 0 Å². The van der Waals surface area contributed by atoms with Crippen molar-refractivity contribution in [3.05, 3.63) is 29.0 Å². The fourth-order valence-electron chi connectivity index (χ4n) is 1.56. The Balaban J connectivity index is 2.05. The van der Waals surface area contributed by atoms with Gasteiger partial charge in [-0.05, 0) is 26.0 Å². The number of nitrogens with one attached hydrogen (secondary N) is 1. The van der Waals surface area contributed by atoms with Crippen LogP contribution in [0.5, 0.6) is 0 Å². The van der Waals surface area contributed by atoms with Crippen molar-refractivity contribution >= 4 is 23.2 Å². The lowest BCUT2D eigenvalue weighted by atomic mass is 10.3. The van der Waals surface area contributed by atoms with Crippen LogP contribution in [0.25, 0.3) is 10.8 Å². The maximum Gasteiger partial charge on any atom is 0.325 e. The third-order valence-corrected chi connectivity index (χ3v) is 3.43. The minimum Gasteiger partial charge on any atom is -0.465 e. The molecule has 0 saturated heterocycles. The summed E-state index contributed by atoms with van der Waals surface area (Å²) in [5, 5.41) is 3.12. The van der Waals surface area contributed by atoms with Gasteiger partial charge in [-0.25, -0.2) is 4.98 Å². The van der Waals surface area contributed by atoms with Gasteiger partial charge in [-0.15, -0.1) is 11.3 Å². The van der Waals surface area contributed by atoms with E-state index in [0.29, 0.717) is 16.5 Å². The van der Waals surface area contributed by atoms with Crippen LogP contribution in [-0.4, -0.2) is 30.0 Å². The molecule has 0 aliphatic rings. The van der Waals surface area contributed by atoms with Crippen molar-refractivity contribution in [3.63, 3.8) is 0 Å². The molecule has 7 heteroatoms. The normalized spacial score (nSPS) is 10.3. The van der Waals surface area contributed by atoms with Gasteiger partial charge < -0.3 is 14.5 Å². The van der Waals surface area contributed by atoms with Gasteiger partial charge in [0, 0.05) is 4.88 Å². The fourth-order valence-corrected chi connectivity index (χ4v) is 2.44. The van der Waals surface area contributed by atoms with Crippen LogP contribution in [0.2, 0.25) is 0 Å². The van der Waals surface area contributed by atoms with Crippen molar-refractivity contribution in [1.29, 1.82) is 0 Å². The second kappa shape index (κ2) is 6.33. The molecule has 0 aromatic carbocycles. The van der Waals surface area contributed by atoms with E-state index in [2.05, 4.69) is 10.3 Å². The summed E-state index contributed by atoms with van der Waals surface area (Å²) >= 11 is 1.36. The Morgan fingerprint density at radius 1 is 1.50 bits per heavy atom. The summed E-state index contributed by atoms with van der Waals surface area (Å²) in [4.78, 5) is 28.1. The van der Waals surface area contributed by atoms with E-state index in [-0.39, 0.29) is 13.2 Å². The van der Waals surface area contributed by atoms with Crippen LogP contribution >= 0.6 is 11.3 Å². The molecule has 6 nitrogen and oxygen atoms in total. The van der Waals surface area contributed by atoms with E-state index >= 15 is 0 Å². The molecule has 2 aromatic rings. The highest BCUT2D eigenvalue weighted by molar-refractivity contribution is 7.15. The average Bonchev–Trinajstić information content (AvgIpc) is 3.05. The van der Waals surface area contributed by atoms with Gasteiger partial charge in [-0.2, -0.15) is 0 Å². The lowest BCUT2D eigenvalue weighted by Gasteiger charge is -2.03. The van der Waals surface area contributed by atoms with Gasteiger partial charge >= 0.3 is 5.97 Å². The maximum absolute atomic E-state index is 12.0. The van der Waals surface area contributed by atoms with E-state index in [9.17, 15) is 9.59 Å². The van der Waals surface area contributed by atoms with Crippen molar-refractivity contribution in [2.75, 3.05) is 13.2 Å². The van der Waals surface area contributed by atoms with Crippen molar-refractivity contribution < 1.29 is 18.7 Å². The van der Waals surface area contributed by atoms with E-state index in [4.69, 9.17) is 9.15 Å². The molecule has 2 aromatic heterocycles. The van der Waals surface area contributed by atoms with Crippen LogP contribution in [0.15, 0.2) is 22.8 Å². The predicted octanol–water partition coefficient (Wildman–Crippen LogP) is 2.00. The summed E-state index contributed by atoms with van der Waals surface area (Å²) in [5.41, 5.74) is 0.297. The molecule has 2 heterocycles. The number of rotatable bonds is 5. The molecular weight excluding hydrogens is 280 g/mol. The highest BCUT2D eigenvalue weighted by atomic mass is 32.1. The number of ether oxygens (including phenoxy) is 1. The van der Waals surface area contributed by atoms with Crippen LogP contribution in [0.1, 0.15) is 22.3 Å². The molecule has 0 radical (unpaired) electrons. The van der Waals surface area contributed by atoms with E-state index in [1.165, 1.54) is 11.3 Å². The summed E-state index contributed by atoms with van der Waals surface area (Å²) < 4.78 is 9.98. The number of carbonyl (C=O) groups is 2. The lowest BCUT2D eigenvalue weighted by molar-refractivity contribution is -0.141. The molecule has 20 heavy (non-hydrogen) atoms. The molecule has 1 amide bonds. The number of hydrogen-bond donors (Lipinski definition) is 1. The summed E-state index contributed by atoms with van der Waals surface area (Å²) in [7, 11) is 0. The third kappa shape index (κ3) is 3.24. The molecule has 0 aliphatic carbocycles. The summed E-state index contributed by atoms with van der Waals surface area (Å²) in [5.74, 6) is -0.257. The standard InChI is InChI=1S/C13H14N2O4S/c1-3-18-10(16)7-14-12(17)11-8(2)20-13(15-11)9-5-4-6-19-9/h4-6H,3,7H2,1-2H3,(H,14,17). The van der Waals surface area contributed by atoms with Gasteiger partial charge in [0.05, 0.1) is 12.9 Å². The second-order valence-corrected chi connectivity index (χ2v) is 5.09. The first-order chi connectivity index (χ1) is 9.61. The van der Waals surface area contributed by atoms with Crippen LogP contribution < -0.4 is 5.32 Å². The Labute approximate surface area is 119 Å². The summed E-state index contributed by atoms with van der Waals surface area (Å²) in [6, 6.07) is 3.53. The highest BCUT2D eigenvalue weighted by Gasteiger charge is 2.18. The van der Waals surface area contributed by atoms with E-state index < -0.39 is 11.9 Å². The summed E-state index contributed by atoms with van der Waals surface area (Å²) in [6.07, 6.45) is 1.55. The van der Waals surface area contributed by atoms with Crippen LogP contribution in [0, 0.1) is 6.92 Å². The number of thiazole rings is 1. The van der Waals surface area contributed by atoms with Crippen molar-refractivity contribution in [3.8, 4) is 10.8 Å². The number of amides is 1. The molecule has 1 N–H and O–H groups in total. The van der Waals surface area contributed by atoms with Gasteiger partial charge in [0.15, 0.2) is 10.8 Å². The van der Waals surface area contributed by atoms with E-state index in [1.807, 2.05) is 0 Å². The molecule has 0 bridgehead atoms. The Bertz CT molecular complexity index is 604. The zero-order valence-corrected chi connectivity index (χ0v) is 12.0. The average molecular weight is 294 g/mol. The fraction of sp³-hybridized carbons (Fsp3) is 0.308. The number of furan rings is 1. The van der Waals surface area contributed by atoms with Crippen LogP contribution in [0.3, 0.4) is 0 Å². The van der Waals surface area contributed by atoms with E-state index in [0.717, 1.165) is 4.88 Å². The zero-order chi connectivity index (χ0) is 14.5. The van der Waals surface area contributed by atoms with Crippen molar-refractivity contribution in [2.45, 2.75) is 13.8 Å². The minimum absolute atomic E-state index is 0.167. The first kappa shape index (κ1) is 14.3. The first-order valence-corrected chi connectivity index (χ1v) is 6.88. The zero-order valence-electron chi connectivity index (χ0n) is 11.1. The molecule has 106 valence electrons. The Hall–Kier alpha value is -2.15. The quantitative estimate of drug-likeness (QED) is 0.853. The molecule has 0 saturated carbocycles. The van der Waals surface area contributed by atoms with Gasteiger partial charge in [0.25, 0.3) is 5.91 Å². The van der Waals surface area contributed by atoms with Gasteiger partial charge in [0.2, 0.25) is 0 Å². The lowest BCUT2D eigenvalue weighted by Crippen LogP contribution is -2.31. The smallest absolute Gasteiger partial charge is 0.325 e. The maximum atomic E-state index is 12.0. The third-order valence-electron chi connectivity index (χ3n) is 2.44. The van der Waals surface area contributed by atoms with Crippen LogP contribution in [0.4, 0.5) is 0 Å². The number of hydrogen-bond acceptors (Lipinski definition) is 6. The minimum atomic E-state index is -0.472. The number of carbonyl (C=O) groups excluding carboxylic acids is 2. The second-order valence-electron chi connectivity index (χ2n) is 3.89. The number of aryl methyl sites for hydroxylation is 1. The number of aromatic nitrogens is 1. The SMILES string of the molecule is CCOC(=O)CNC(=O)c1nc(-c2ccco2)sc1C. The predicted molar refractivity (Wildman–Crippen MR) is 73.5 cm³/mol. The van der Waals surface area contributed by atoms with Gasteiger partial charge in [-0.1, -0.05) is 0 Å². The van der Waals surface area contributed by atoms with Gasteiger partial charge in [0.1, 0.15) is 12.2 Å². The molecule has 0 spiro atoms. The topological polar surface area (TPSA) is 81.4 Å². The Morgan fingerprint density at radius 2 is 2.30 bits per heavy atom. The Morgan fingerprint density at radius 3 is 2.95 bits per heavy atom. The molecule has 0 atom stereocenters. The molecule has 0 fully saturated rings. The molecule has 0 aliphatic heterocycles. The van der Waals surface area contributed by atoms with Crippen molar-refractivity contribution in [1.82, 2.24) is 10.3 Å². The monoisotopic (exact) mass is 294 g/mol. The Kier molecular flexibility index (Phi) is 4.52.